The number of amides is 1. The normalized spacial score (nSPS) is 18.6. The molecule has 22 heavy (non-hydrogen) atoms. The van der Waals surface area contributed by atoms with Crippen LogP contribution in [0.2, 0.25) is 0 Å². The van der Waals surface area contributed by atoms with E-state index in [4.69, 9.17) is 0 Å². The summed E-state index contributed by atoms with van der Waals surface area (Å²) in [6.07, 6.45) is 4.04. The van der Waals surface area contributed by atoms with Crippen molar-refractivity contribution < 1.29 is 14.3 Å². The maximum atomic E-state index is 13.7. The van der Waals surface area contributed by atoms with Crippen molar-refractivity contribution in [2.45, 2.75) is 38.6 Å². The van der Waals surface area contributed by atoms with E-state index in [9.17, 15) is 14.3 Å². The van der Waals surface area contributed by atoms with Gasteiger partial charge >= 0.3 is 0 Å². The van der Waals surface area contributed by atoms with Crippen LogP contribution in [0.5, 0.6) is 0 Å². The first kappa shape index (κ1) is 16.9. The summed E-state index contributed by atoms with van der Waals surface area (Å²) in [5.41, 5.74) is 0.906. The molecule has 1 aromatic carbocycles. The molecule has 1 heterocycles. The van der Waals surface area contributed by atoms with Crippen molar-refractivity contribution in [1.82, 2.24) is 10.2 Å². The minimum Gasteiger partial charge on any atom is -0.395 e. The molecule has 1 saturated heterocycles. The van der Waals surface area contributed by atoms with Gasteiger partial charge in [0.1, 0.15) is 5.82 Å². The number of nitrogens with one attached hydrogen (secondary N) is 1. The van der Waals surface area contributed by atoms with E-state index < -0.39 is 5.82 Å². The molecular weight excluding hydrogens is 283 g/mol. The molecule has 1 fully saturated rings. The quantitative estimate of drug-likeness (QED) is 0.759. The van der Waals surface area contributed by atoms with Crippen molar-refractivity contribution >= 4 is 5.91 Å². The number of unbranched alkanes of at least 4 members (excludes halogenated alkanes) is 1. The Labute approximate surface area is 131 Å². The molecule has 5 heteroatoms. The van der Waals surface area contributed by atoms with Gasteiger partial charge in [0.05, 0.1) is 12.2 Å². The third-order valence-corrected chi connectivity index (χ3v) is 4.24. The fourth-order valence-corrected chi connectivity index (χ4v) is 2.94. The number of rotatable bonds is 7. The van der Waals surface area contributed by atoms with E-state index in [1.54, 1.807) is 13.0 Å². The fraction of sp³-hybridized carbons (Fsp3) is 0.588. The number of halogens is 1. The van der Waals surface area contributed by atoms with Crippen molar-refractivity contribution in [3.8, 4) is 0 Å². The first-order chi connectivity index (χ1) is 10.6. The molecule has 0 bridgehead atoms. The van der Waals surface area contributed by atoms with E-state index in [0.717, 1.165) is 44.3 Å². The van der Waals surface area contributed by atoms with Crippen molar-refractivity contribution in [3.63, 3.8) is 0 Å². The Balaban J connectivity index is 1.67. The molecular formula is C17H25FN2O2. The van der Waals surface area contributed by atoms with Crippen LogP contribution in [0.15, 0.2) is 18.2 Å². The molecule has 1 atom stereocenters. The highest BCUT2D eigenvalue weighted by molar-refractivity contribution is 5.94. The van der Waals surface area contributed by atoms with E-state index >= 15 is 0 Å². The summed E-state index contributed by atoms with van der Waals surface area (Å²) in [6.45, 7) is 4.56. The van der Waals surface area contributed by atoms with Gasteiger partial charge in [-0.3, -0.25) is 9.69 Å². The molecule has 1 aliphatic rings. The second-order valence-corrected chi connectivity index (χ2v) is 5.96. The van der Waals surface area contributed by atoms with Gasteiger partial charge in [-0.2, -0.15) is 0 Å². The number of aryl methyl sites for hydroxylation is 1. The third kappa shape index (κ3) is 4.52. The summed E-state index contributed by atoms with van der Waals surface area (Å²) < 4.78 is 13.7. The fourth-order valence-electron chi connectivity index (χ4n) is 2.94. The van der Waals surface area contributed by atoms with E-state index in [0.29, 0.717) is 12.6 Å². The summed E-state index contributed by atoms with van der Waals surface area (Å²) >= 11 is 0. The number of aliphatic hydroxyl groups is 1. The molecule has 0 radical (unpaired) electrons. The van der Waals surface area contributed by atoms with Crippen LogP contribution in [0.1, 0.15) is 41.6 Å². The molecule has 2 rings (SSSR count). The molecule has 1 unspecified atom stereocenters. The summed E-state index contributed by atoms with van der Waals surface area (Å²) in [7, 11) is 0. The maximum absolute atomic E-state index is 13.7. The number of hydrogen-bond donors (Lipinski definition) is 2. The Bertz CT molecular complexity index is 507. The number of hydrogen-bond acceptors (Lipinski definition) is 3. The second kappa shape index (κ2) is 8.25. The van der Waals surface area contributed by atoms with Gasteiger partial charge in [0.2, 0.25) is 0 Å². The molecule has 1 aliphatic heterocycles. The number of carbonyl (C=O) groups is 1. The van der Waals surface area contributed by atoms with Gasteiger partial charge in [0.15, 0.2) is 0 Å². The van der Waals surface area contributed by atoms with Crippen LogP contribution in [0.25, 0.3) is 0 Å². The topological polar surface area (TPSA) is 52.6 Å². The van der Waals surface area contributed by atoms with E-state index in [1.165, 1.54) is 12.1 Å². The van der Waals surface area contributed by atoms with Crippen LogP contribution in [0, 0.1) is 12.7 Å². The van der Waals surface area contributed by atoms with Crippen molar-refractivity contribution in [1.29, 1.82) is 0 Å². The molecule has 122 valence electrons. The van der Waals surface area contributed by atoms with Gasteiger partial charge in [-0.1, -0.05) is 6.07 Å². The third-order valence-electron chi connectivity index (χ3n) is 4.24. The highest BCUT2D eigenvalue weighted by Gasteiger charge is 2.22. The summed E-state index contributed by atoms with van der Waals surface area (Å²) in [5, 5.41) is 12.0. The Kier molecular flexibility index (Phi) is 6.34. The van der Waals surface area contributed by atoms with Gasteiger partial charge < -0.3 is 10.4 Å². The highest BCUT2D eigenvalue weighted by Crippen LogP contribution is 2.16. The predicted octanol–water partition coefficient (Wildman–Crippen LogP) is 2.10. The Morgan fingerprint density at radius 3 is 3.00 bits per heavy atom. The van der Waals surface area contributed by atoms with Crippen LogP contribution in [0.4, 0.5) is 4.39 Å². The molecule has 0 aliphatic carbocycles. The number of nitrogens with zero attached hydrogens (tertiary/aromatic N) is 1. The first-order valence-electron chi connectivity index (χ1n) is 8.01. The van der Waals surface area contributed by atoms with Crippen LogP contribution in [-0.2, 0) is 0 Å². The highest BCUT2D eigenvalue weighted by atomic mass is 19.1. The van der Waals surface area contributed by atoms with Crippen LogP contribution in [-0.4, -0.2) is 48.2 Å². The van der Waals surface area contributed by atoms with Crippen molar-refractivity contribution in [3.05, 3.63) is 35.1 Å². The maximum Gasteiger partial charge on any atom is 0.254 e. The molecule has 0 spiro atoms. The zero-order valence-electron chi connectivity index (χ0n) is 13.1. The summed E-state index contributed by atoms with van der Waals surface area (Å²) in [4.78, 5) is 14.2. The molecule has 1 aromatic rings. The van der Waals surface area contributed by atoms with E-state index in [1.807, 2.05) is 0 Å². The lowest BCUT2D eigenvalue weighted by Gasteiger charge is -2.22. The summed E-state index contributed by atoms with van der Waals surface area (Å²) in [6, 6.07) is 4.93. The zero-order valence-corrected chi connectivity index (χ0v) is 13.1. The lowest BCUT2D eigenvalue weighted by atomic mass is 10.1. The lowest BCUT2D eigenvalue weighted by Crippen LogP contribution is -2.33. The smallest absolute Gasteiger partial charge is 0.254 e. The van der Waals surface area contributed by atoms with Crippen LogP contribution < -0.4 is 5.32 Å². The average molecular weight is 308 g/mol. The van der Waals surface area contributed by atoms with E-state index in [2.05, 4.69) is 10.2 Å². The lowest BCUT2D eigenvalue weighted by molar-refractivity contribution is 0.0948. The van der Waals surface area contributed by atoms with Gasteiger partial charge in [0, 0.05) is 12.6 Å². The molecule has 0 saturated carbocycles. The van der Waals surface area contributed by atoms with E-state index in [-0.39, 0.29) is 18.1 Å². The van der Waals surface area contributed by atoms with Crippen LogP contribution >= 0.6 is 0 Å². The number of likely N-dealkylation sites (tertiary alicyclic amines) is 1. The van der Waals surface area contributed by atoms with Gasteiger partial charge in [-0.15, -0.1) is 0 Å². The zero-order chi connectivity index (χ0) is 15.9. The largest absolute Gasteiger partial charge is 0.395 e. The first-order valence-corrected chi connectivity index (χ1v) is 8.01. The summed E-state index contributed by atoms with van der Waals surface area (Å²) in [5.74, 6) is -0.827. The Morgan fingerprint density at radius 1 is 1.45 bits per heavy atom. The number of benzene rings is 1. The number of aliphatic hydroxyl groups excluding tert-OH is 1. The van der Waals surface area contributed by atoms with Gasteiger partial charge in [0.25, 0.3) is 5.91 Å². The molecule has 0 aromatic heterocycles. The SMILES string of the molecule is Cc1ccc(C(=O)NCCCCN2CCCC2CO)c(F)c1. The Morgan fingerprint density at radius 2 is 2.27 bits per heavy atom. The van der Waals surface area contributed by atoms with Crippen molar-refractivity contribution in [2.75, 3.05) is 26.2 Å². The average Bonchev–Trinajstić information content (AvgIpc) is 2.94. The molecule has 1 amide bonds. The monoisotopic (exact) mass is 308 g/mol. The second-order valence-electron chi connectivity index (χ2n) is 5.96. The van der Waals surface area contributed by atoms with Gasteiger partial charge in [-0.25, -0.2) is 4.39 Å². The van der Waals surface area contributed by atoms with Crippen molar-refractivity contribution in [2.24, 2.45) is 0 Å². The number of carbonyl (C=O) groups excluding carboxylic acids is 1. The van der Waals surface area contributed by atoms with Gasteiger partial charge in [-0.05, 0) is 63.4 Å². The predicted molar refractivity (Wildman–Crippen MR) is 84.4 cm³/mol. The minimum absolute atomic E-state index is 0.102. The minimum atomic E-state index is -0.472. The molecule has 4 nitrogen and oxygen atoms in total. The standard InChI is InChI=1S/C17H25FN2O2/c1-13-6-7-15(16(18)11-13)17(22)19-8-2-3-9-20-10-4-5-14(20)12-21/h6-7,11,14,21H,2-5,8-10,12H2,1H3,(H,19,22). The Hall–Kier alpha value is -1.46. The molecule has 2 N–H and O–H groups in total. The van der Waals surface area contributed by atoms with Crippen LogP contribution in [0.3, 0.4) is 0 Å².